The molecule has 0 aliphatic heterocycles. The minimum absolute atomic E-state index is 0.0423. The van der Waals surface area contributed by atoms with Gasteiger partial charge in [0, 0.05) is 0 Å². The van der Waals surface area contributed by atoms with Crippen LogP contribution in [0, 0.1) is 0 Å². The Morgan fingerprint density at radius 2 is 1.75 bits per heavy atom. The quantitative estimate of drug-likeness (QED) is 0.539. The van der Waals surface area contributed by atoms with E-state index < -0.39 is 0 Å². The molecule has 0 saturated carbocycles. The fourth-order valence-corrected chi connectivity index (χ4v) is 1.49. The maximum absolute atomic E-state index is 4.24. The Kier molecular flexibility index (Phi) is 4.02. The summed E-state index contributed by atoms with van der Waals surface area (Å²) in [4.78, 5) is 0. The van der Waals surface area contributed by atoms with Gasteiger partial charge >= 0.3 is 0 Å². The van der Waals surface area contributed by atoms with E-state index in [0.717, 1.165) is 6.42 Å². The van der Waals surface area contributed by atoms with Crippen molar-refractivity contribution >= 4 is 25.3 Å². The molecular weight excluding hydrogens is 184 g/mol. The molecule has 0 fully saturated rings. The van der Waals surface area contributed by atoms with Gasteiger partial charge < -0.3 is 0 Å². The maximum atomic E-state index is 4.24. The Bertz CT molecular complexity index is 226. The Hall–Kier alpha value is -0.0800. The van der Waals surface area contributed by atoms with Gasteiger partial charge in [-0.25, -0.2) is 0 Å². The molecule has 2 heteroatoms. The van der Waals surface area contributed by atoms with Crippen molar-refractivity contribution in [3.63, 3.8) is 0 Å². The molecule has 0 aliphatic rings. The highest BCUT2D eigenvalue weighted by molar-refractivity contribution is 7.98. The van der Waals surface area contributed by atoms with Gasteiger partial charge in [0.05, 0.1) is 4.58 Å². The molecule has 0 N–H and O–H groups in total. The monoisotopic (exact) mass is 198 g/mol. The van der Waals surface area contributed by atoms with Crippen molar-refractivity contribution in [2.45, 2.75) is 24.3 Å². The molecular formula is C10H14S2. The number of hydrogen-bond donors (Lipinski definition) is 2. The minimum atomic E-state index is 0.0423. The maximum Gasteiger partial charge on any atom is 0.0692 e. The molecule has 0 atom stereocenters. The van der Waals surface area contributed by atoms with Crippen LogP contribution in [0.1, 0.15) is 29.1 Å². The molecule has 0 heterocycles. The van der Waals surface area contributed by atoms with Crippen molar-refractivity contribution in [1.29, 1.82) is 0 Å². The summed E-state index contributed by atoms with van der Waals surface area (Å²) in [5.74, 6) is 0. The first-order chi connectivity index (χ1) is 5.74. The summed E-state index contributed by atoms with van der Waals surface area (Å²) in [5.41, 5.74) is 2.56. The topological polar surface area (TPSA) is 0 Å². The highest BCUT2D eigenvalue weighted by atomic mass is 32.2. The lowest BCUT2D eigenvalue weighted by atomic mass is 10.1. The van der Waals surface area contributed by atoms with Crippen molar-refractivity contribution in [1.82, 2.24) is 0 Å². The second-order valence-corrected chi connectivity index (χ2v) is 4.31. The molecule has 0 radical (unpaired) electrons. The van der Waals surface area contributed by atoms with E-state index in [1.54, 1.807) is 0 Å². The van der Waals surface area contributed by atoms with Crippen LogP contribution in [0.3, 0.4) is 0 Å². The fourth-order valence-electron chi connectivity index (χ4n) is 1.15. The molecule has 0 amide bonds. The molecule has 12 heavy (non-hydrogen) atoms. The third-order valence-corrected chi connectivity index (χ3v) is 2.41. The molecule has 0 aliphatic carbocycles. The van der Waals surface area contributed by atoms with Crippen molar-refractivity contribution < 1.29 is 0 Å². The van der Waals surface area contributed by atoms with Gasteiger partial charge in [-0.3, -0.25) is 0 Å². The standard InChI is InChI=1S/C10H14S2/c1-2-3-8-4-6-9(7-5-8)10(11)12/h4-7,10-12H,2-3H2,1H3. The van der Waals surface area contributed by atoms with Crippen molar-refractivity contribution in [3.05, 3.63) is 35.4 Å². The molecule has 66 valence electrons. The predicted molar refractivity (Wildman–Crippen MR) is 61.2 cm³/mol. The first-order valence-electron chi connectivity index (χ1n) is 4.19. The molecule has 0 saturated heterocycles. The van der Waals surface area contributed by atoms with Gasteiger partial charge in [-0.15, -0.1) is 0 Å². The van der Waals surface area contributed by atoms with Crippen LogP contribution in [0.2, 0.25) is 0 Å². The summed E-state index contributed by atoms with van der Waals surface area (Å²) in [6.45, 7) is 2.19. The highest BCUT2D eigenvalue weighted by Crippen LogP contribution is 2.23. The lowest BCUT2D eigenvalue weighted by Gasteiger charge is -2.04. The Morgan fingerprint density at radius 3 is 2.17 bits per heavy atom. The minimum Gasteiger partial charge on any atom is -0.160 e. The average molecular weight is 198 g/mol. The van der Waals surface area contributed by atoms with E-state index in [4.69, 9.17) is 0 Å². The van der Waals surface area contributed by atoms with E-state index in [1.165, 1.54) is 17.5 Å². The SMILES string of the molecule is CCCc1ccc(C(S)S)cc1. The van der Waals surface area contributed by atoms with E-state index in [2.05, 4.69) is 56.4 Å². The normalized spacial score (nSPS) is 10.7. The van der Waals surface area contributed by atoms with Gasteiger partial charge in [-0.05, 0) is 17.5 Å². The average Bonchev–Trinajstić information content (AvgIpc) is 2.06. The van der Waals surface area contributed by atoms with Crippen LogP contribution in [-0.4, -0.2) is 0 Å². The smallest absolute Gasteiger partial charge is 0.0692 e. The van der Waals surface area contributed by atoms with Gasteiger partial charge in [0.25, 0.3) is 0 Å². The second-order valence-electron chi connectivity index (χ2n) is 2.87. The first kappa shape index (κ1) is 10.0. The van der Waals surface area contributed by atoms with Crippen LogP contribution in [-0.2, 0) is 6.42 Å². The van der Waals surface area contributed by atoms with Crippen molar-refractivity contribution in [3.8, 4) is 0 Å². The van der Waals surface area contributed by atoms with E-state index >= 15 is 0 Å². The van der Waals surface area contributed by atoms with Crippen LogP contribution in [0.15, 0.2) is 24.3 Å². The Balaban J connectivity index is 2.71. The molecule has 0 nitrogen and oxygen atoms in total. The predicted octanol–water partition coefficient (Wildman–Crippen LogP) is 3.50. The zero-order chi connectivity index (χ0) is 8.97. The third kappa shape index (κ3) is 2.76. The number of thiol groups is 2. The van der Waals surface area contributed by atoms with Gasteiger partial charge in [0.1, 0.15) is 0 Å². The summed E-state index contributed by atoms with van der Waals surface area (Å²) in [6, 6.07) is 8.49. The lowest BCUT2D eigenvalue weighted by Crippen LogP contribution is -1.85. The van der Waals surface area contributed by atoms with Gasteiger partial charge in [0.2, 0.25) is 0 Å². The molecule has 1 rings (SSSR count). The molecule has 0 aromatic heterocycles. The highest BCUT2D eigenvalue weighted by Gasteiger charge is 1.98. The third-order valence-electron chi connectivity index (χ3n) is 1.82. The summed E-state index contributed by atoms with van der Waals surface area (Å²) < 4.78 is 0.0423. The lowest BCUT2D eigenvalue weighted by molar-refractivity contribution is 0.921. The molecule has 0 unspecified atom stereocenters. The van der Waals surface area contributed by atoms with E-state index in [-0.39, 0.29) is 4.58 Å². The number of aryl methyl sites for hydroxylation is 1. The molecule has 0 bridgehead atoms. The largest absolute Gasteiger partial charge is 0.160 e. The van der Waals surface area contributed by atoms with E-state index in [0.29, 0.717) is 0 Å². The van der Waals surface area contributed by atoms with Crippen LogP contribution >= 0.6 is 25.3 Å². The van der Waals surface area contributed by atoms with Crippen LogP contribution in [0.4, 0.5) is 0 Å². The molecule has 1 aromatic rings. The molecule has 1 aromatic carbocycles. The second kappa shape index (κ2) is 4.83. The van der Waals surface area contributed by atoms with Crippen LogP contribution in [0.25, 0.3) is 0 Å². The summed E-state index contributed by atoms with van der Waals surface area (Å²) >= 11 is 8.48. The Labute approximate surface area is 85.2 Å². The summed E-state index contributed by atoms with van der Waals surface area (Å²) in [7, 11) is 0. The van der Waals surface area contributed by atoms with E-state index in [9.17, 15) is 0 Å². The number of hydrogen-bond acceptors (Lipinski definition) is 2. The number of benzene rings is 1. The molecule has 0 spiro atoms. The van der Waals surface area contributed by atoms with Crippen LogP contribution in [0.5, 0.6) is 0 Å². The first-order valence-corrected chi connectivity index (χ1v) is 5.22. The summed E-state index contributed by atoms with van der Waals surface area (Å²) in [6.07, 6.45) is 2.36. The number of rotatable bonds is 3. The zero-order valence-corrected chi connectivity index (χ0v) is 8.98. The van der Waals surface area contributed by atoms with Crippen molar-refractivity contribution in [2.75, 3.05) is 0 Å². The van der Waals surface area contributed by atoms with Crippen molar-refractivity contribution in [2.24, 2.45) is 0 Å². The Morgan fingerprint density at radius 1 is 1.17 bits per heavy atom. The summed E-state index contributed by atoms with van der Waals surface area (Å²) in [5, 5.41) is 0. The fraction of sp³-hybridized carbons (Fsp3) is 0.400. The van der Waals surface area contributed by atoms with Gasteiger partial charge in [-0.2, -0.15) is 25.3 Å². The van der Waals surface area contributed by atoms with Gasteiger partial charge in [-0.1, -0.05) is 37.6 Å². The van der Waals surface area contributed by atoms with Crippen LogP contribution < -0.4 is 0 Å². The van der Waals surface area contributed by atoms with Gasteiger partial charge in [0.15, 0.2) is 0 Å². The zero-order valence-electron chi connectivity index (χ0n) is 7.20. The van der Waals surface area contributed by atoms with E-state index in [1.807, 2.05) is 0 Å².